The maximum absolute atomic E-state index is 4.23. The van der Waals surface area contributed by atoms with E-state index in [0.29, 0.717) is 6.04 Å². The van der Waals surface area contributed by atoms with E-state index in [0.717, 1.165) is 11.7 Å². The van der Waals surface area contributed by atoms with Gasteiger partial charge in [-0.15, -0.1) is 0 Å². The molecule has 60 valence electrons. The number of aromatic amines is 1. The molecule has 1 fully saturated rings. The Bertz CT molecular complexity index is 213. The standard InChI is InChI=1S/C8H13N3/c1-9-7(6-2-3-6)8-10-4-5-11-8/h4-7,9H,2-3H2,1H3,(H,10,11). The highest BCUT2D eigenvalue weighted by Gasteiger charge is 2.32. The van der Waals surface area contributed by atoms with Crippen LogP contribution in [0.1, 0.15) is 24.7 Å². The average molecular weight is 151 g/mol. The summed E-state index contributed by atoms with van der Waals surface area (Å²) in [6, 6.07) is 0.449. The first kappa shape index (κ1) is 6.85. The van der Waals surface area contributed by atoms with Gasteiger partial charge in [0.1, 0.15) is 5.82 Å². The second kappa shape index (κ2) is 2.66. The summed E-state index contributed by atoms with van der Waals surface area (Å²) in [5.41, 5.74) is 0. The lowest BCUT2D eigenvalue weighted by Crippen LogP contribution is -2.19. The third-order valence-electron chi connectivity index (χ3n) is 2.22. The molecule has 3 heteroatoms. The van der Waals surface area contributed by atoms with Crippen molar-refractivity contribution in [3.63, 3.8) is 0 Å². The van der Waals surface area contributed by atoms with E-state index in [9.17, 15) is 0 Å². The minimum Gasteiger partial charge on any atom is -0.347 e. The SMILES string of the molecule is CNC(c1ncc[nH]1)C1CC1. The zero-order valence-corrected chi connectivity index (χ0v) is 6.67. The van der Waals surface area contributed by atoms with E-state index in [1.807, 2.05) is 19.4 Å². The van der Waals surface area contributed by atoms with Crippen molar-refractivity contribution in [2.75, 3.05) is 7.05 Å². The van der Waals surface area contributed by atoms with Crippen LogP contribution in [0.3, 0.4) is 0 Å². The van der Waals surface area contributed by atoms with Gasteiger partial charge in [-0.3, -0.25) is 0 Å². The highest BCUT2D eigenvalue weighted by Crippen LogP contribution is 2.39. The number of nitrogens with one attached hydrogen (secondary N) is 2. The molecule has 0 amide bonds. The van der Waals surface area contributed by atoms with E-state index in [2.05, 4.69) is 15.3 Å². The molecule has 0 bridgehead atoms. The quantitative estimate of drug-likeness (QED) is 0.678. The van der Waals surface area contributed by atoms with Crippen LogP contribution in [0, 0.1) is 5.92 Å². The van der Waals surface area contributed by atoms with Crippen molar-refractivity contribution in [3.8, 4) is 0 Å². The van der Waals surface area contributed by atoms with Crippen LogP contribution in [0.25, 0.3) is 0 Å². The van der Waals surface area contributed by atoms with Crippen LogP contribution in [-0.2, 0) is 0 Å². The third kappa shape index (κ3) is 1.28. The van der Waals surface area contributed by atoms with Crippen LogP contribution in [0.4, 0.5) is 0 Å². The summed E-state index contributed by atoms with van der Waals surface area (Å²) in [5.74, 6) is 1.89. The molecule has 2 N–H and O–H groups in total. The Morgan fingerprint density at radius 3 is 3.00 bits per heavy atom. The molecule has 1 aliphatic rings. The van der Waals surface area contributed by atoms with Crippen molar-refractivity contribution in [2.24, 2.45) is 5.92 Å². The zero-order valence-electron chi connectivity index (χ0n) is 6.67. The summed E-state index contributed by atoms with van der Waals surface area (Å²) in [6.07, 6.45) is 6.36. The summed E-state index contributed by atoms with van der Waals surface area (Å²) >= 11 is 0. The Balaban J connectivity index is 2.11. The van der Waals surface area contributed by atoms with E-state index in [1.54, 1.807) is 0 Å². The van der Waals surface area contributed by atoms with Gasteiger partial charge in [-0.05, 0) is 25.8 Å². The molecule has 0 radical (unpaired) electrons. The number of rotatable bonds is 3. The first-order valence-electron chi connectivity index (χ1n) is 4.08. The van der Waals surface area contributed by atoms with Gasteiger partial charge >= 0.3 is 0 Å². The molecule has 1 heterocycles. The molecule has 1 aromatic rings. The van der Waals surface area contributed by atoms with Gasteiger partial charge in [-0.25, -0.2) is 4.98 Å². The lowest BCUT2D eigenvalue weighted by Gasteiger charge is -2.11. The summed E-state index contributed by atoms with van der Waals surface area (Å²) in [7, 11) is 1.99. The molecule has 1 aliphatic carbocycles. The Kier molecular flexibility index (Phi) is 1.66. The second-order valence-electron chi connectivity index (χ2n) is 3.08. The minimum atomic E-state index is 0.449. The predicted octanol–water partition coefficient (Wildman–Crippen LogP) is 1.08. The van der Waals surface area contributed by atoms with Crippen LogP contribution < -0.4 is 5.32 Å². The molecule has 1 aromatic heterocycles. The molecule has 0 spiro atoms. The smallest absolute Gasteiger partial charge is 0.123 e. The normalized spacial score (nSPS) is 20.1. The molecule has 1 unspecified atom stereocenters. The van der Waals surface area contributed by atoms with Crippen molar-refractivity contribution < 1.29 is 0 Å². The number of H-pyrrole nitrogens is 1. The lowest BCUT2D eigenvalue weighted by atomic mass is 10.2. The van der Waals surface area contributed by atoms with Crippen molar-refractivity contribution in [1.82, 2.24) is 15.3 Å². The fourth-order valence-corrected chi connectivity index (χ4v) is 1.47. The largest absolute Gasteiger partial charge is 0.347 e. The van der Waals surface area contributed by atoms with Crippen LogP contribution >= 0.6 is 0 Å². The van der Waals surface area contributed by atoms with Gasteiger partial charge in [0.2, 0.25) is 0 Å². The Hall–Kier alpha value is -0.830. The maximum atomic E-state index is 4.23. The highest BCUT2D eigenvalue weighted by atomic mass is 15.0. The Labute approximate surface area is 66.2 Å². The number of nitrogens with zero attached hydrogens (tertiary/aromatic N) is 1. The van der Waals surface area contributed by atoms with Crippen molar-refractivity contribution in [1.29, 1.82) is 0 Å². The van der Waals surface area contributed by atoms with Gasteiger partial charge in [0, 0.05) is 12.4 Å². The van der Waals surface area contributed by atoms with Gasteiger partial charge in [0.15, 0.2) is 0 Å². The average Bonchev–Trinajstić information content (AvgIpc) is 2.68. The molecule has 1 saturated carbocycles. The van der Waals surface area contributed by atoms with Gasteiger partial charge in [-0.1, -0.05) is 0 Å². The summed E-state index contributed by atoms with van der Waals surface area (Å²) in [6.45, 7) is 0. The molecule has 11 heavy (non-hydrogen) atoms. The topological polar surface area (TPSA) is 40.7 Å². The van der Waals surface area contributed by atoms with Crippen molar-refractivity contribution in [3.05, 3.63) is 18.2 Å². The monoisotopic (exact) mass is 151 g/mol. The van der Waals surface area contributed by atoms with Gasteiger partial charge < -0.3 is 10.3 Å². The van der Waals surface area contributed by atoms with Crippen LogP contribution in [0.15, 0.2) is 12.4 Å². The van der Waals surface area contributed by atoms with E-state index in [1.165, 1.54) is 12.8 Å². The predicted molar refractivity (Wildman–Crippen MR) is 43.1 cm³/mol. The lowest BCUT2D eigenvalue weighted by molar-refractivity contribution is 0.505. The molecule has 0 saturated heterocycles. The molecule has 0 aliphatic heterocycles. The van der Waals surface area contributed by atoms with Crippen LogP contribution in [0.2, 0.25) is 0 Å². The molecule has 2 rings (SSSR count). The fourth-order valence-electron chi connectivity index (χ4n) is 1.47. The van der Waals surface area contributed by atoms with Gasteiger partial charge in [0.25, 0.3) is 0 Å². The van der Waals surface area contributed by atoms with Gasteiger partial charge in [0.05, 0.1) is 6.04 Å². The molecule has 1 atom stereocenters. The van der Waals surface area contributed by atoms with Crippen LogP contribution in [0.5, 0.6) is 0 Å². The summed E-state index contributed by atoms with van der Waals surface area (Å²) < 4.78 is 0. The fraction of sp³-hybridized carbons (Fsp3) is 0.625. The van der Waals surface area contributed by atoms with E-state index in [-0.39, 0.29) is 0 Å². The third-order valence-corrected chi connectivity index (χ3v) is 2.22. The minimum absolute atomic E-state index is 0.449. The highest BCUT2D eigenvalue weighted by molar-refractivity contribution is 5.01. The van der Waals surface area contributed by atoms with E-state index in [4.69, 9.17) is 0 Å². The summed E-state index contributed by atoms with van der Waals surface area (Å²) in [5, 5.41) is 3.27. The number of imidazole rings is 1. The first-order chi connectivity index (χ1) is 5.42. The number of hydrogen-bond acceptors (Lipinski definition) is 2. The van der Waals surface area contributed by atoms with Crippen molar-refractivity contribution in [2.45, 2.75) is 18.9 Å². The molecular weight excluding hydrogens is 138 g/mol. The second-order valence-corrected chi connectivity index (χ2v) is 3.08. The number of hydrogen-bond donors (Lipinski definition) is 2. The van der Waals surface area contributed by atoms with Gasteiger partial charge in [-0.2, -0.15) is 0 Å². The molecular formula is C8H13N3. The van der Waals surface area contributed by atoms with E-state index < -0.39 is 0 Å². The maximum Gasteiger partial charge on any atom is 0.123 e. The summed E-state index contributed by atoms with van der Waals surface area (Å²) in [4.78, 5) is 7.37. The van der Waals surface area contributed by atoms with Crippen molar-refractivity contribution >= 4 is 0 Å². The molecule has 0 aromatic carbocycles. The van der Waals surface area contributed by atoms with E-state index >= 15 is 0 Å². The number of aromatic nitrogens is 2. The Morgan fingerprint density at radius 2 is 2.55 bits per heavy atom. The first-order valence-corrected chi connectivity index (χ1v) is 4.08. The Morgan fingerprint density at radius 1 is 1.73 bits per heavy atom. The van der Waals surface area contributed by atoms with Crippen LogP contribution in [-0.4, -0.2) is 17.0 Å². The zero-order chi connectivity index (χ0) is 7.68. The molecule has 3 nitrogen and oxygen atoms in total.